The van der Waals surface area contributed by atoms with Crippen LogP contribution >= 0.6 is 0 Å². The maximum absolute atomic E-state index is 5.80. The molecule has 0 unspecified atom stereocenters. The lowest BCUT2D eigenvalue weighted by molar-refractivity contribution is 0.285. The highest BCUT2D eigenvalue weighted by Crippen LogP contribution is 2.14. The summed E-state index contributed by atoms with van der Waals surface area (Å²) in [6, 6.07) is 18.9. The topological polar surface area (TPSA) is 47.1 Å². The van der Waals surface area contributed by atoms with Crippen molar-refractivity contribution in [3.05, 3.63) is 66.0 Å². The summed E-state index contributed by atoms with van der Waals surface area (Å²) in [5.74, 6) is 1.14. The highest BCUT2D eigenvalue weighted by Gasteiger charge is 2.10. The van der Waals surface area contributed by atoms with E-state index in [4.69, 9.17) is 10.7 Å². The van der Waals surface area contributed by atoms with Gasteiger partial charge < -0.3 is 15.2 Å². The molecule has 0 bridgehead atoms. The van der Waals surface area contributed by atoms with Gasteiger partial charge in [0, 0.05) is 39.6 Å². The molecule has 3 aromatic rings. The van der Waals surface area contributed by atoms with Crippen molar-refractivity contribution in [1.29, 1.82) is 0 Å². The molecule has 3 rings (SSSR count). The fourth-order valence-corrected chi connectivity index (χ4v) is 3.13. The first-order chi connectivity index (χ1) is 11.8. The second kappa shape index (κ2) is 8.08. The number of aromatic nitrogens is 2. The van der Waals surface area contributed by atoms with Gasteiger partial charge in [-0.15, -0.1) is 0 Å². The average Bonchev–Trinajstić information content (AvgIpc) is 2.95. The molecule has 0 radical (unpaired) electrons. The Morgan fingerprint density at radius 3 is 2.38 bits per heavy atom. The maximum atomic E-state index is 5.80. The van der Waals surface area contributed by atoms with Crippen LogP contribution in [0, 0.1) is 0 Å². The summed E-state index contributed by atoms with van der Waals surface area (Å²) < 4.78 is 2.20. The van der Waals surface area contributed by atoms with Gasteiger partial charge in [0.25, 0.3) is 0 Å². The van der Waals surface area contributed by atoms with Gasteiger partial charge in [0.05, 0.1) is 11.0 Å². The van der Waals surface area contributed by atoms with E-state index >= 15 is 0 Å². The summed E-state index contributed by atoms with van der Waals surface area (Å²) >= 11 is 0. The van der Waals surface area contributed by atoms with Gasteiger partial charge in [-0.05, 0) is 24.1 Å². The van der Waals surface area contributed by atoms with Gasteiger partial charge in [-0.3, -0.25) is 0 Å². The van der Waals surface area contributed by atoms with E-state index in [9.17, 15) is 0 Å². The Morgan fingerprint density at radius 1 is 0.917 bits per heavy atom. The summed E-state index contributed by atoms with van der Waals surface area (Å²) in [6.07, 6.45) is 2.00. The summed E-state index contributed by atoms with van der Waals surface area (Å²) in [7, 11) is 2.10. The molecule has 2 aromatic carbocycles. The van der Waals surface area contributed by atoms with Crippen LogP contribution in [-0.4, -0.2) is 40.6 Å². The smallest absolute Gasteiger partial charge is 0.110 e. The van der Waals surface area contributed by atoms with Crippen molar-refractivity contribution >= 4 is 11.0 Å². The van der Waals surface area contributed by atoms with Crippen LogP contribution in [0.5, 0.6) is 0 Å². The second-order valence-corrected chi connectivity index (χ2v) is 6.19. The summed E-state index contributed by atoms with van der Waals surface area (Å²) in [6.45, 7) is 3.64. The Hall–Kier alpha value is -2.17. The van der Waals surface area contributed by atoms with Crippen LogP contribution in [0.4, 0.5) is 0 Å². The molecule has 0 saturated heterocycles. The van der Waals surface area contributed by atoms with Gasteiger partial charge in [0.15, 0.2) is 0 Å². The third kappa shape index (κ3) is 4.02. The van der Waals surface area contributed by atoms with Crippen LogP contribution in [0.1, 0.15) is 11.4 Å². The molecule has 0 aliphatic carbocycles. The molecule has 1 heterocycles. The molecule has 0 atom stereocenters. The first-order valence-electron chi connectivity index (χ1n) is 8.64. The Labute approximate surface area is 143 Å². The van der Waals surface area contributed by atoms with Crippen LogP contribution in [0.2, 0.25) is 0 Å². The number of nitrogens with zero attached hydrogens (tertiary/aromatic N) is 3. The normalized spacial score (nSPS) is 11.5. The Balaban J connectivity index is 1.61. The van der Waals surface area contributed by atoms with E-state index in [0.717, 1.165) is 43.8 Å². The predicted octanol–water partition coefficient (Wildman–Crippen LogP) is 2.62. The molecule has 0 aliphatic heterocycles. The van der Waals surface area contributed by atoms with Crippen LogP contribution in [0.3, 0.4) is 0 Å². The van der Waals surface area contributed by atoms with Crippen LogP contribution in [-0.2, 0) is 19.9 Å². The van der Waals surface area contributed by atoms with Crippen molar-refractivity contribution < 1.29 is 0 Å². The highest BCUT2D eigenvalue weighted by atomic mass is 15.1. The van der Waals surface area contributed by atoms with Gasteiger partial charge in [-0.1, -0.05) is 42.5 Å². The van der Waals surface area contributed by atoms with Crippen molar-refractivity contribution in [3.8, 4) is 0 Å². The van der Waals surface area contributed by atoms with Gasteiger partial charge >= 0.3 is 0 Å². The molecule has 0 saturated carbocycles. The number of rotatable bonds is 8. The minimum atomic E-state index is 0.692. The van der Waals surface area contributed by atoms with Crippen molar-refractivity contribution in [2.75, 3.05) is 26.2 Å². The molecule has 126 valence electrons. The van der Waals surface area contributed by atoms with Crippen LogP contribution < -0.4 is 5.73 Å². The van der Waals surface area contributed by atoms with Crippen molar-refractivity contribution in [2.24, 2.45) is 12.8 Å². The maximum Gasteiger partial charge on any atom is 0.110 e. The number of nitrogens with two attached hydrogens (primary N) is 1. The van der Waals surface area contributed by atoms with E-state index in [1.165, 1.54) is 11.1 Å². The summed E-state index contributed by atoms with van der Waals surface area (Å²) in [5.41, 5.74) is 9.44. The van der Waals surface area contributed by atoms with Crippen LogP contribution in [0.25, 0.3) is 11.0 Å². The van der Waals surface area contributed by atoms with Gasteiger partial charge in [0.2, 0.25) is 0 Å². The van der Waals surface area contributed by atoms with E-state index in [-0.39, 0.29) is 0 Å². The van der Waals surface area contributed by atoms with Gasteiger partial charge in [-0.2, -0.15) is 0 Å². The molecule has 24 heavy (non-hydrogen) atoms. The van der Waals surface area contributed by atoms with Crippen molar-refractivity contribution in [2.45, 2.75) is 12.8 Å². The van der Waals surface area contributed by atoms with Crippen molar-refractivity contribution in [3.63, 3.8) is 0 Å². The third-order valence-electron chi connectivity index (χ3n) is 4.54. The summed E-state index contributed by atoms with van der Waals surface area (Å²) in [5, 5.41) is 0. The standard InChI is InChI=1S/C20H26N4/c1-23-19-10-6-5-9-18(19)22-20(23)12-15-24(16-13-21)14-11-17-7-3-2-4-8-17/h2-10H,11-16,21H2,1H3. The van der Waals surface area contributed by atoms with Gasteiger partial charge in [0.1, 0.15) is 5.82 Å². The molecule has 0 spiro atoms. The molecule has 0 fully saturated rings. The SMILES string of the molecule is Cn1c(CCN(CCN)CCc2ccccc2)nc2ccccc21. The Bertz CT molecular complexity index is 764. The molecular formula is C20H26N4. The van der Waals surface area contributed by atoms with Gasteiger partial charge in [-0.25, -0.2) is 4.98 Å². The molecule has 4 heteroatoms. The largest absolute Gasteiger partial charge is 0.331 e. The lowest BCUT2D eigenvalue weighted by atomic mass is 10.1. The first-order valence-corrected chi connectivity index (χ1v) is 8.64. The molecule has 0 aliphatic rings. The van der Waals surface area contributed by atoms with E-state index in [0.29, 0.717) is 6.54 Å². The lowest BCUT2D eigenvalue weighted by Gasteiger charge is -2.21. The first kappa shape index (κ1) is 16.7. The highest BCUT2D eigenvalue weighted by molar-refractivity contribution is 5.75. The van der Waals surface area contributed by atoms with E-state index in [1.54, 1.807) is 0 Å². The molecule has 0 amide bonds. The Kier molecular flexibility index (Phi) is 5.62. The zero-order chi connectivity index (χ0) is 16.8. The van der Waals surface area contributed by atoms with E-state index < -0.39 is 0 Å². The molecule has 2 N–H and O–H groups in total. The number of hydrogen-bond donors (Lipinski definition) is 1. The van der Waals surface area contributed by atoms with Crippen molar-refractivity contribution in [1.82, 2.24) is 14.5 Å². The fourth-order valence-electron chi connectivity index (χ4n) is 3.13. The van der Waals surface area contributed by atoms with E-state index in [2.05, 4.69) is 65.0 Å². The number of fused-ring (bicyclic) bond motifs is 1. The number of hydrogen-bond acceptors (Lipinski definition) is 3. The number of benzene rings is 2. The predicted molar refractivity (Wildman–Crippen MR) is 100 cm³/mol. The number of imidazole rings is 1. The average molecular weight is 322 g/mol. The molecule has 1 aromatic heterocycles. The Morgan fingerprint density at radius 2 is 1.62 bits per heavy atom. The zero-order valence-electron chi connectivity index (χ0n) is 14.4. The lowest BCUT2D eigenvalue weighted by Crippen LogP contribution is -2.33. The fraction of sp³-hybridized carbons (Fsp3) is 0.350. The minimum absolute atomic E-state index is 0.692. The monoisotopic (exact) mass is 322 g/mol. The second-order valence-electron chi connectivity index (χ2n) is 6.19. The number of aryl methyl sites for hydroxylation is 1. The molecule has 4 nitrogen and oxygen atoms in total. The third-order valence-corrected chi connectivity index (χ3v) is 4.54. The van der Waals surface area contributed by atoms with E-state index in [1.807, 2.05) is 6.07 Å². The minimum Gasteiger partial charge on any atom is -0.331 e. The van der Waals surface area contributed by atoms with Crippen LogP contribution in [0.15, 0.2) is 54.6 Å². The quantitative estimate of drug-likeness (QED) is 0.693. The summed E-state index contributed by atoms with van der Waals surface area (Å²) in [4.78, 5) is 7.20. The number of para-hydroxylation sites is 2. The molecular weight excluding hydrogens is 296 g/mol. The zero-order valence-corrected chi connectivity index (χ0v) is 14.4.